The Labute approximate surface area is 344 Å². The van der Waals surface area contributed by atoms with Crippen molar-refractivity contribution >= 4 is 23.0 Å². The number of ether oxygens (including phenoxy) is 1. The molecule has 10 heteroatoms. The zero-order valence-electron chi connectivity index (χ0n) is 34.1. The third-order valence-electron chi connectivity index (χ3n) is 11.4. The quantitative estimate of drug-likeness (QED) is 0.0198. The normalized spacial score (nSPS) is 14.0. The first-order chi connectivity index (χ1) is 28.3. The number of nitrogens with one attached hydrogen (secondary N) is 2. The Kier molecular flexibility index (Phi) is 17.9. The average molecular weight is 791 g/mol. The second kappa shape index (κ2) is 23.5. The van der Waals surface area contributed by atoms with E-state index >= 15 is 0 Å². The minimum absolute atomic E-state index is 0.00374. The van der Waals surface area contributed by atoms with E-state index in [9.17, 15) is 24.9 Å². The summed E-state index contributed by atoms with van der Waals surface area (Å²) in [6, 6.07) is 24.0. The van der Waals surface area contributed by atoms with Crippen LogP contribution in [0.2, 0.25) is 0 Å². The number of ketones is 2. The number of aliphatic hydroxyl groups excluding tert-OH is 2. The van der Waals surface area contributed by atoms with Gasteiger partial charge in [0.2, 0.25) is 0 Å². The lowest BCUT2D eigenvalue weighted by molar-refractivity contribution is -0.124. The Hall–Kier alpha value is -4.87. The highest BCUT2D eigenvalue weighted by Gasteiger charge is 2.23. The van der Waals surface area contributed by atoms with Crippen molar-refractivity contribution in [2.45, 2.75) is 83.5 Å². The molecule has 310 valence electrons. The number of phenolic OH excluding ortho intramolecular Hbond substituents is 1. The number of rotatable bonds is 24. The third-order valence-corrected chi connectivity index (χ3v) is 11.4. The van der Waals surface area contributed by atoms with Crippen LogP contribution in [0.3, 0.4) is 0 Å². The second-order valence-corrected chi connectivity index (χ2v) is 15.6. The van der Waals surface area contributed by atoms with Crippen molar-refractivity contribution < 1.29 is 29.6 Å². The first-order valence-electron chi connectivity index (χ1n) is 20.9. The van der Waals surface area contributed by atoms with Crippen LogP contribution >= 0.6 is 0 Å². The van der Waals surface area contributed by atoms with Crippen LogP contribution in [-0.2, 0) is 41.7 Å². The molecule has 1 fully saturated rings. The molecule has 58 heavy (non-hydrogen) atoms. The molecule has 5 rings (SSSR count). The summed E-state index contributed by atoms with van der Waals surface area (Å²) in [7, 11) is 2.01. The van der Waals surface area contributed by atoms with Gasteiger partial charge in [-0.2, -0.15) is 0 Å². The van der Waals surface area contributed by atoms with Crippen LogP contribution in [0.1, 0.15) is 90.3 Å². The van der Waals surface area contributed by atoms with Crippen molar-refractivity contribution in [1.29, 1.82) is 0 Å². The van der Waals surface area contributed by atoms with E-state index < -0.39 is 19.2 Å². The summed E-state index contributed by atoms with van der Waals surface area (Å²) in [5, 5.41) is 37.7. The summed E-state index contributed by atoms with van der Waals surface area (Å²) in [5.74, 6) is 1.04. The number of aliphatic hydroxyl groups is 2. The molecule has 1 saturated heterocycles. The number of aryl methyl sites for hydroxylation is 4. The number of nitrogen functional groups attached to an aromatic ring is 1. The molecular formula is C48H62N4O6. The van der Waals surface area contributed by atoms with Gasteiger partial charge in [0.05, 0.1) is 13.0 Å². The molecule has 4 aromatic rings. The lowest BCUT2D eigenvalue weighted by atomic mass is 9.81. The topological polar surface area (TPSA) is 167 Å². The number of allylic oxidation sites excluding steroid dienone is 1. The average Bonchev–Trinajstić information content (AvgIpc) is 3.23. The molecule has 0 bridgehead atoms. The molecule has 3 aromatic carbocycles. The molecule has 0 spiro atoms. The number of pyridine rings is 1. The highest BCUT2D eigenvalue weighted by molar-refractivity contribution is 6.07. The number of Topliss-reactive ketones (excluding diaryl/α,β-unsaturated/α-hetero) is 1. The smallest absolute Gasteiger partial charge is 0.186 e. The summed E-state index contributed by atoms with van der Waals surface area (Å²) >= 11 is 0. The van der Waals surface area contributed by atoms with Crippen LogP contribution in [0.15, 0.2) is 85.1 Å². The standard InChI is InChI=1S/C48H62N4O6/c1-50-30-39(37-19-21-51-22-20-37)13-6-3-7-14-43(55)28-44(56)25-42(32-53)45-29-47(58-33-54)46(57)26-40(45)24-41-31-52-48(49)27-38(41)18-17-36-12-8-11-35(23-36)16-15-34-9-4-2-5-10-34/h2,4-5,8-12,23,25-27,29,31,37,39,50-51,53-54,57H,3,6-7,13-22,24,28,30,32-33H2,1H3,(H2,49,52)/b42-25+/t39-/m0/s1. The van der Waals surface area contributed by atoms with E-state index in [2.05, 4.69) is 64.1 Å². The summed E-state index contributed by atoms with van der Waals surface area (Å²) in [5.41, 5.74) is 13.2. The molecule has 0 radical (unpaired) electrons. The number of piperidine rings is 1. The van der Waals surface area contributed by atoms with Crippen molar-refractivity contribution in [3.63, 3.8) is 0 Å². The van der Waals surface area contributed by atoms with Gasteiger partial charge < -0.3 is 36.4 Å². The van der Waals surface area contributed by atoms with Gasteiger partial charge in [0.25, 0.3) is 0 Å². The minimum Gasteiger partial charge on any atom is -0.504 e. The maximum atomic E-state index is 13.3. The van der Waals surface area contributed by atoms with Gasteiger partial charge >= 0.3 is 0 Å². The molecule has 1 aliphatic heterocycles. The van der Waals surface area contributed by atoms with Crippen LogP contribution in [0.25, 0.3) is 5.57 Å². The van der Waals surface area contributed by atoms with Crippen molar-refractivity contribution in [2.75, 3.05) is 45.8 Å². The van der Waals surface area contributed by atoms with Crippen molar-refractivity contribution in [2.24, 2.45) is 11.8 Å². The summed E-state index contributed by atoms with van der Waals surface area (Å²) in [6.45, 7) is 2.01. The third kappa shape index (κ3) is 13.9. The SMILES string of the molecule is CNC[C@H](CCCCCC(=O)CC(=O)/C=C(\CO)c1cc(OCO)c(O)cc1Cc1cnc(N)cc1CCc1cccc(CCc2ccccc2)c1)C1CCNCC1. The fourth-order valence-electron chi connectivity index (χ4n) is 8.26. The van der Waals surface area contributed by atoms with Gasteiger partial charge in [-0.1, -0.05) is 67.4 Å². The fourth-order valence-corrected chi connectivity index (χ4v) is 8.26. The van der Waals surface area contributed by atoms with Gasteiger partial charge in [-0.15, -0.1) is 0 Å². The number of phenols is 1. The monoisotopic (exact) mass is 790 g/mol. The molecule has 2 heterocycles. The van der Waals surface area contributed by atoms with Crippen LogP contribution in [0, 0.1) is 11.8 Å². The van der Waals surface area contributed by atoms with Crippen molar-refractivity contribution in [3.8, 4) is 11.5 Å². The molecule has 1 aliphatic rings. The maximum Gasteiger partial charge on any atom is 0.186 e. The van der Waals surface area contributed by atoms with Crippen LogP contribution in [0.5, 0.6) is 11.5 Å². The predicted molar refractivity (Wildman–Crippen MR) is 231 cm³/mol. The number of aromatic hydroxyl groups is 1. The maximum absolute atomic E-state index is 13.3. The van der Waals surface area contributed by atoms with E-state index in [4.69, 9.17) is 10.5 Å². The van der Waals surface area contributed by atoms with Gasteiger partial charge in [-0.25, -0.2) is 4.98 Å². The lowest BCUT2D eigenvalue weighted by Crippen LogP contribution is -2.35. The number of benzene rings is 3. The number of unbranched alkanes of at least 4 members (excludes halogenated alkanes) is 2. The first kappa shape index (κ1) is 44.2. The molecule has 10 nitrogen and oxygen atoms in total. The van der Waals surface area contributed by atoms with E-state index in [1.54, 1.807) is 6.20 Å². The molecule has 0 unspecified atom stereocenters. The zero-order chi connectivity index (χ0) is 41.1. The van der Waals surface area contributed by atoms with Crippen molar-refractivity contribution in [3.05, 3.63) is 124 Å². The number of anilines is 1. The van der Waals surface area contributed by atoms with E-state index in [1.807, 2.05) is 19.2 Å². The largest absolute Gasteiger partial charge is 0.504 e. The van der Waals surface area contributed by atoms with E-state index in [-0.39, 0.29) is 29.3 Å². The van der Waals surface area contributed by atoms with Gasteiger partial charge in [-0.05, 0) is 165 Å². The summed E-state index contributed by atoms with van der Waals surface area (Å²) in [6.07, 6.45) is 13.1. The molecule has 0 saturated carbocycles. The number of aromatic nitrogens is 1. The number of nitrogens with two attached hydrogens (primary N) is 1. The Morgan fingerprint density at radius 2 is 1.62 bits per heavy atom. The van der Waals surface area contributed by atoms with E-state index in [0.29, 0.717) is 42.1 Å². The molecule has 0 amide bonds. The fraction of sp³-hybridized carbons (Fsp3) is 0.438. The zero-order valence-corrected chi connectivity index (χ0v) is 34.1. The van der Waals surface area contributed by atoms with E-state index in [1.165, 1.54) is 47.7 Å². The van der Waals surface area contributed by atoms with Crippen LogP contribution < -0.4 is 21.1 Å². The number of carbonyl (C=O) groups excluding carboxylic acids is 2. The summed E-state index contributed by atoms with van der Waals surface area (Å²) in [4.78, 5) is 30.5. The number of nitrogens with zero attached hydrogens (tertiary/aromatic N) is 1. The predicted octanol–water partition coefficient (Wildman–Crippen LogP) is 6.55. The number of hydrogen-bond donors (Lipinski definition) is 6. The lowest BCUT2D eigenvalue weighted by Gasteiger charge is -2.30. The molecular weight excluding hydrogens is 729 g/mol. The molecule has 7 N–H and O–H groups in total. The highest BCUT2D eigenvalue weighted by Crippen LogP contribution is 2.35. The van der Waals surface area contributed by atoms with Gasteiger partial charge in [0, 0.05) is 12.6 Å². The number of carbonyl (C=O) groups is 2. The van der Waals surface area contributed by atoms with Crippen LogP contribution in [-0.4, -0.2) is 72.0 Å². The Morgan fingerprint density at radius 1 is 0.897 bits per heavy atom. The molecule has 1 atom stereocenters. The van der Waals surface area contributed by atoms with Gasteiger partial charge in [-0.3, -0.25) is 9.59 Å². The Morgan fingerprint density at radius 3 is 2.34 bits per heavy atom. The van der Waals surface area contributed by atoms with Gasteiger partial charge in [0.1, 0.15) is 11.6 Å². The van der Waals surface area contributed by atoms with E-state index in [0.717, 1.165) is 81.6 Å². The van der Waals surface area contributed by atoms with Gasteiger partial charge in [0.15, 0.2) is 24.1 Å². The Balaban J connectivity index is 1.23. The molecule has 0 aliphatic carbocycles. The first-order valence-corrected chi connectivity index (χ1v) is 20.9. The molecule has 1 aromatic heterocycles. The highest BCUT2D eigenvalue weighted by atomic mass is 16.6. The minimum atomic E-state index is -0.675. The second-order valence-electron chi connectivity index (χ2n) is 15.6. The van der Waals surface area contributed by atoms with Crippen molar-refractivity contribution in [1.82, 2.24) is 15.6 Å². The summed E-state index contributed by atoms with van der Waals surface area (Å²) < 4.78 is 5.27. The Bertz CT molecular complexity index is 1940. The van der Waals surface area contributed by atoms with Crippen LogP contribution in [0.4, 0.5) is 5.82 Å². The number of hydrogen-bond acceptors (Lipinski definition) is 10.